The molecule has 0 spiro atoms. The molecule has 178 valence electrons. The Kier molecular flexibility index (Phi) is 6.68. The van der Waals surface area contributed by atoms with Crippen LogP contribution in [0.3, 0.4) is 0 Å². The number of carbonyl (C=O) groups is 1. The Hall–Kier alpha value is -3.68. The first-order valence-electron chi connectivity index (χ1n) is 10.7. The summed E-state index contributed by atoms with van der Waals surface area (Å²) in [4.78, 5) is 14.8. The van der Waals surface area contributed by atoms with Gasteiger partial charge in [-0.3, -0.25) is 4.79 Å². The van der Waals surface area contributed by atoms with Gasteiger partial charge >= 0.3 is 6.18 Å². The summed E-state index contributed by atoms with van der Waals surface area (Å²) in [5, 5.41) is 0. The van der Waals surface area contributed by atoms with E-state index in [-0.39, 0.29) is 12.5 Å². The van der Waals surface area contributed by atoms with Gasteiger partial charge in [-0.25, -0.2) is 0 Å². The zero-order valence-corrected chi connectivity index (χ0v) is 18.8. The molecule has 1 aliphatic rings. The van der Waals surface area contributed by atoms with Crippen molar-refractivity contribution in [3.05, 3.63) is 89.0 Å². The molecule has 0 bridgehead atoms. The highest BCUT2D eigenvalue weighted by Crippen LogP contribution is 2.42. The lowest BCUT2D eigenvalue weighted by Gasteiger charge is -2.38. The molecule has 0 saturated heterocycles. The highest BCUT2D eigenvalue weighted by Gasteiger charge is 2.36. The molecule has 3 aromatic carbocycles. The molecule has 4 rings (SSSR count). The van der Waals surface area contributed by atoms with Gasteiger partial charge in [-0.05, 0) is 59.5 Å². The molecule has 34 heavy (non-hydrogen) atoms. The Morgan fingerprint density at radius 3 is 2.35 bits per heavy atom. The molecule has 0 radical (unpaired) electrons. The minimum absolute atomic E-state index is 0.234. The predicted molar refractivity (Wildman–Crippen MR) is 120 cm³/mol. The lowest BCUT2D eigenvalue weighted by molar-refractivity contribution is -0.137. The zero-order chi connectivity index (χ0) is 24.3. The first-order chi connectivity index (χ1) is 16.3. The first-order valence-corrected chi connectivity index (χ1v) is 10.7. The van der Waals surface area contributed by atoms with Crippen LogP contribution in [0.5, 0.6) is 17.2 Å². The second kappa shape index (κ2) is 9.67. The van der Waals surface area contributed by atoms with Crippen molar-refractivity contribution in [1.82, 2.24) is 4.90 Å². The largest absolute Gasteiger partial charge is 0.493 e. The smallest absolute Gasteiger partial charge is 0.416 e. The van der Waals surface area contributed by atoms with Crippen molar-refractivity contribution in [1.29, 1.82) is 0 Å². The summed E-state index contributed by atoms with van der Waals surface area (Å²) in [5.74, 6) is 1.17. The maximum Gasteiger partial charge on any atom is 0.416 e. The molecule has 0 fully saturated rings. The van der Waals surface area contributed by atoms with E-state index < -0.39 is 17.8 Å². The van der Waals surface area contributed by atoms with Crippen molar-refractivity contribution in [2.24, 2.45) is 0 Å². The minimum atomic E-state index is -4.50. The van der Waals surface area contributed by atoms with Crippen molar-refractivity contribution >= 4 is 5.91 Å². The van der Waals surface area contributed by atoms with E-state index in [1.807, 2.05) is 12.1 Å². The molecule has 1 aliphatic heterocycles. The SMILES string of the molecule is COc1cc2c(cc1OC)[C@@H](c1cccc(C(F)(F)F)c1)N(C(=O)COc1ccccc1)CC2. The number of carbonyl (C=O) groups excluding carboxylic acids is 1. The van der Waals surface area contributed by atoms with Gasteiger partial charge in [0.15, 0.2) is 18.1 Å². The number of rotatable bonds is 6. The number of halogens is 3. The second-order valence-electron chi connectivity index (χ2n) is 7.87. The normalized spacial score (nSPS) is 15.4. The number of para-hydroxylation sites is 1. The van der Waals surface area contributed by atoms with E-state index in [0.29, 0.717) is 41.3 Å². The average molecular weight is 471 g/mol. The second-order valence-corrected chi connectivity index (χ2v) is 7.87. The Labute approximate surface area is 195 Å². The molecule has 0 unspecified atom stereocenters. The van der Waals surface area contributed by atoms with Crippen LogP contribution in [-0.2, 0) is 17.4 Å². The molecule has 0 N–H and O–H groups in total. The van der Waals surface area contributed by atoms with Crippen LogP contribution in [0, 0.1) is 0 Å². The fourth-order valence-electron chi connectivity index (χ4n) is 4.20. The van der Waals surface area contributed by atoms with Gasteiger partial charge in [0, 0.05) is 6.54 Å². The third-order valence-corrected chi connectivity index (χ3v) is 5.83. The highest BCUT2D eigenvalue weighted by atomic mass is 19.4. The number of alkyl halides is 3. The summed E-state index contributed by atoms with van der Waals surface area (Å²) >= 11 is 0. The van der Waals surface area contributed by atoms with Crippen molar-refractivity contribution in [3.63, 3.8) is 0 Å². The molecule has 1 amide bonds. The first kappa shape index (κ1) is 23.5. The third kappa shape index (κ3) is 4.81. The zero-order valence-electron chi connectivity index (χ0n) is 18.8. The molecule has 0 saturated carbocycles. The number of hydrogen-bond donors (Lipinski definition) is 0. The topological polar surface area (TPSA) is 48.0 Å². The Bertz CT molecular complexity index is 1160. The van der Waals surface area contributed by atoms with Crippen LogP contribution < -0.4 is 14.2 Å². The van der Waals surface area contributed by atoms with E-state index in [2.05, 4.69) is 0 Å². The van der Waals surface area contributed by atoms with Crippen LogP contribution in [-0.4, -0.2) is 38.2 Å². The molecule has 3 aromatic rings. The number of fused-ring (bicyclic) bond motifs is 1. The monoisotopic (exact) mass is 471 g/mol. The molecular weight excluding hydrogens is 447 g/mol. The number of amides is 1. The van der Waals surface area contributed by atoms with Crippen LogP contribution in [0.15, 0.2) is 66.7 Å². The fourth-order valence-corrected chi connectivity index (χ4v) is 4.20. The molecule has 5 nitrogen and oxygen atoms in total. The van der Waals surface area contributed by atoms with Crippen molar-refractivity contribution < 1.29 is 32.2 Å². The fraction of sp³-hybridized carbons (Fsp3) is 0.269. The summed E-state index contributed by atoms with van der Waals surface area (Å²) in [6.45, 7) is 0.0858. The molecule has 1 atom stereocenters. The lowest BCUT2D eigenvalue weighted by Crippen LogP contribution is -2.43. The van der Waals surface area contributed by atoms with Gasteiger partial charge in [0.25, 0.3) is 5.91 Å². The Morgan fingerprint density at radius 2 is 1.68 bits per heavy atom. The number of nitrogens with zero attached hydrogens (tertiary/aromatic N) is 1. The van der Waals surface area contributed by atoms with Gasteiger partial charge < -0.3 is 19.1 Å². The third-order valence-electron chi connectivity index (χ3n) is 5.83. The molecule has 0 aliphatic carbocycles. The van der Waals surface area contributed by atoms with Gasteiger partial charge in [0.1, 0.15) is 5.75 Å². The number of methoxy groups -OCH3 is 2. The van der Waals surface area contributed by atoms with Gasteiger partial charge in [0.05, 0.1) is 25.8 Å². The van der Waals surface area contributed by atoms with Crippen LogP contribution in [0.1, 0.15) is 28.3 Å². The van der Waals surface area contributed by atoms with E-state index in [9.17, 15) is 18.0 Å². The summed E-state index contributed by atoms with van der Waals surface area (Å²) in [7, 11) is 3.01. The van der Waals surface area contributed by atoms with E-state index in [1.165, 1.54) is 20.3 Å². The molecule has 8 heteroatoms. The number of ether oxygens (including phenoxy) is 3. The molecule has 1 heterocycles. The maximum absolute atomic E-state index is 13.5. The quantitative estimate of drug-likeness (QED) is 0.491. The van der Waals surface area contributed by atoms with Gasteiger partial charge in [-0.2, -0.15) is 13.2 Å². The predicted octanol–water partition coefficient (Wildman–Crippen LogP) is 5.28. The average Bonchev–Trinajstić information content (AvgIpc) is 2.85. The summed E-state index contributed by atoms with van der Waals surface area (Å²) < 4.78 is 56.9. The molecule has 0 aromatic heterocycles. The van der Waals surface area contributed by atoms with E-state index in [0.717, 1.165) is 17.7 Å². The summed E-state index contributed by atoms with van der Waals surface area (Å²) in [5.41, 5.74) is 1.16. The lowest BCUT2D eigenvalue weighted by atomic mass is 9.87. The summed E-state index contributed by atoms with van der Waals surface area (Å²) in [6, 6.07) is 16.8. The highest BCUT2D eigenvalue weighted by molar-refractivity contribution is 5.79. The molecular formula is C26H24F3NO4. The van der Waals surface area contributed by atoms with Crippen molar-refractivity contribution in [2.75, 3.05) is 27.4 Å². The summed E-state index contributed by atoms with van der Waals surface area (Å²) in [6.07, 6.45) is -3.99. The van der Waals surface area contributed by atoms with Crippen LogP contribution in [0.25, 0.3) is 0 Å². The van der Waals surface area contributed by atoms with E-state index >= 15 is 0 Å². The van der Waals surface area contributed by atoms with Gasteiger partial charge in [-0.15, -0.1) is 0 Å². The van der Waals surface area contributed by atoms with Gasteiger partial charge in [-0.1, -0.05) is 30.3 Å². The van der Waals surface area contributed by atoms with Crippen LogP contribution >= 0.6 is 0 Å². The maximum atomic E-state index is 13.5. The standard InChI is InChI=1S/C26H24F3NO4/c1-32-22-14-17-11-12-30(24(31)16-34-20-9-4-3-5-10-20)25(21(17)15-23(22)33-2)18-7-6-8-19(13-18)26(27,28)29/h3-10,13-15,25H,11-12,16H2,1-2H3/t25-/m1/s1. The number of benzene rings is 3. The van der Waals surface area contributed by atoms with Crippen LogP contribution in [0.4, 0.5) is 13.2 Å². The van der Waals surface area contributed by atoms with Crippen molar-refractivity contribution in [3.8, 4) is 17.2 Å². The minimum Gasteiger partial charge on any atom is -0.493 e. The van der Waals surface area contributed by atoms with Gasteiger partial charge in [0.2, 0.25) is 0 Å². The van der Waals surface area contributed by atoms with Crippen molar-refractivity contribution in [2.45, 2.75) is 18.6 Å². The van der Waals surface area contributed by atoms with E-state index in [4.69, 9.17) is 14.2 Å². The van der Waals surface area contributed by atoms with E-state index in [1.54, 1.807) is 41.3 Å². The Balaban J connectivity index is 1.75. The van der Waals surface area contributed by atoms with Crippen LogP contribution in [0.2, 0.25) is 0 Å². The number of hydrogen-bond acceptors (Lipinski definition) is 4. The Morgan fingerprint density at radius 1 is 0.971 bits per heavy atom.